The molecule has 5 heteroatoms. The van der Waals surface area contributed by atoms with E-state index in [1.54, 1.807) is 0 Å². The van der Waals surface area contributed by atoms with Gasteiger partial charge in [-0.1, -0.05) is 12.2 Å². The first-order chi connectivity index (χ1) is 10.7. The highest BCUT2D eigenvalue weighted by molar-refractivity contribution is 5.90. The maximum atomic E-state index is 12.7. The van der Waals surface area contributed by atoms with E-state index in [0.29, 0.717) is 25.6 Å². The molecule has 4 rings (SSSR count). The van der Waals surface area contributed by atoms with E-state index < -0.39 is 0 Å². The molecule has 3 fully saturated rings. The van der Waals surface area contributed by atoms with E-state index in [1.165, 1.54) is 0 Å². The van der Waals surface area contributed by atoms with Gasteiger partial charge in [0.1, 0.15) is 0 Å². The summed E-state index contributed by atoms with van der Waals surface area (Å²) in [5.41, 5.74) is 6.01. The third kappa shape index (κ3) is 1.94. The Kier molecular flexibility index (Phi) is 3.29. The van der Waals surface area contributed by atoms with E-state index in [9.17, 15) is 9.59 Å². The maximum Gasteiger partial charge on any atom is 0.224 e. The van der Waals surface area contributed by atoms with Crippen molar-refractivity contribution in [1.82, 2.24) is 10.6 Å². The van der Waals surface area contributed by atoms with Gasteiger partial charge in [0.15, 0.2) is 0 Å². The number of rotatable bonds is 1. The fourth-order valence-electron chi connectivity index (χ4n) is 5.12. The lowest BCUT2D eigenvalue weighted by Gasteiger charge is -2.25. The Labute approximate surface area is 131 Å². The van der Waals surface area contributed by atoms with Crippen molar-refractivity contribution in [3.63, 3.8) is 0 Å². The average molecular weight is 303 g/mol. The quantitative estimate of drug-likeness (QED) is 0.614. The van der Waals surface area contributed by atoms with Crippen molar-refractivity contribution >= 4 is 11.8 Å². The van der Waals surface area contributed by atoms with E-state index in [-0.39, 0.29) is 40.9 Å². The van der Waals surface area contributed by atoms with Gasteiger partial charge < -0.3 is 16.4 Å². The van der Waals surface area contributed by atoms with Crippen LogP contribution in [0.5, 0.6) is 0 Å². The molecule has 2 amide bonds. The average Bonchev–Trinajstić information content (AvgIpc) is 3.18. The Hall–Kier alpha value is -1.36. The van der Waals surface area contributed by atoms with Gasteiger partial charge in [-0.05, 0) is 55.4 Å². The van der Waals surface area contributed by atoms with Crippen LogP contribution in [0.25, 0.3) is 0 Å². The zero-order valence-electron chi connectivity index (χ0n) is 12.9. The molecule has 0 aromatic carbocycles. The molecule has 0 radical (unpaired) electrons. The molecule has 0 aromatic heterocycles. The molecular formula is C17H25N3O2. The van der Waals surface area contributed by atoms with Crippen molar-refractivity contribution in [2.24, 2.45) is 40.7 Å². The second-order valence-electron chi connectivity index (χ2n) is 7.48. The van der Waals surface area contributed by atoms with E-state index in [1.807, 2.05) is 0 Å². The highest BCUT2D eigenvalue weighted by Crippen LogP contribution is 2.72. The predicted octanol–water partition coefficient (Wildman–Crippen LogP) is 0.416. The third-order valence-electron chi connectivity index (χ3n) is 6.48. The van der Waals surface area contributed by atoms with E-state index in [0.717, 1.165) is 25.7 Å². The summed E-state index contributed by atoms with van der Waals surface area (Å²) in [6, 6.07) is 0. The van der Waals surface area contributed by atoms with Crippen molar-refractivity contribution < 1.29 is 9.59 Å². The number of hydrogen-bond donors (Lipinski definition) is 3. The van der Waals surface area contributed by atoms with Crippen molar-refractivity contribution in [2.45, 2.75) is 25.7 Å². The van der Waals surface area contributed by atoms with Crippen LogP contribution in [0.2, 0.25) is 0 Å². The topological polar surface area (TPSA) is 84.2 Å². The minimum Gasteiger partial charge on any atom is -0.356 e. The standard InChI is InChI=1S/C17H25N3O2/c18-9-10-3-7-19-15(21)13-11-1-2-12(17(11)5-6-17)14(13)16(22)20-8-4-10/h1-2,10-14H,3-9,18H2,(H,19,21)(H,20,22)/t10?,11-,12+,13?,14?. The van der Waals surface area contributed by atoms with E-state index >= 15 is 0 Å². The Morgan fingerprint density at radius 2 is 1.50 bits per heavy atom. The summed E-state index contributed by atoms with van der Waals surface area (Å²) in [6.45, 7) is 1.95. The summed E-state index contributed by atoms with van der Waals surface area (Å²) in [5.74, 6) is 0.683. The maximum absolute atomic E-state index is 12.7. The monoisotopic (exact) mass is 303 g/mol. The second kappa shape index (κ2) is 5.08. The second-order valence-corrected chi connectivity index (χ2v) is 7.48. The summed E-state index contributed by atoms with van der Waals surface area (Å²) in [7, 11) is 0. The minimum atomic E-state index is -0.174. The molecule has 5 atom stereocenters. The van der Waals surface area contributed by atoms with Crippen molar-refractivity contribution in [3.05, 3.63) is 12.2 Å². The van der Waals surface area contributed by atoms with Crippen LogP contribution in [-0.4, -0.2) is 31.4 Å². The first-order valence-electron chi connectivity index (χ1n) is 8.61. The van der Waals surface area contributed by atoms with E-state index in [4.69, 9.17) is 5.73 Å². The van der Waals surface area contributed by atoms with Crippen LogP contribution in [0.15, 0.2) is 12.2 Å². The van der Waals surface area contributed by atoms with Gasteiger partial charge >= 0.3 is 0 Å². The third-order valence-corrected chi connectivity index (χ3v) is 6.48. The van der Waals surface area contributed by atoms with Gasteiger partial charge in [-0.15, -0.1) is 0 Å². The lowest BCUT2D eigenvalue weighted by molar-refractivity contribution is -0.135. The van der Waals surface area contributed by atoms with Crippen molar-refractivity contribution in [1.29, 1.82) is 0 Å². The molecule has 22 heavy (non-hydrogen) atoms. The normalized spacial score (nSPS) is 42.5. The lowest BCUT2D eigenvalue weighted by atomic mass is 9.81. The molecule has 0 aromatic rings. The number of nitrogens with one attached hydrogen (secondary N) is 2. The summed E-state index contributed by atoms with van der Waals surface area (Å²) in [5, 5.41) is 6.16. The summed E-state index contributed by atoms with van der Waals surface area (Å²) in [4.78, 5) is 25.4. The van der Waals surface area contributed by atoms with Gasteiger partial charge in [0.25, 0.3) is 0 Å². The molecule has 4 N–H and O–H groups in total. The lowest BCUT2D eigenvalue weighted by Crippen LogP contribution is -2.44. The number of carbonyl (C=O) groups is 2. The molecule has 2 bridgehead atoms. The predicted molar refractivity (Wildman–Crippen MR) is 82.6 cm³/mol. The Morgan fingerprint density at radius 3 is 1.91 bits per heavy atom. The van der Waals surface area contributed by atoms with Crippen molar-refractivity contribution in [2.75, 3.05) is 19.6 Å². The molecule has 4 aliphatic rings. The van der Waals surface area contributed by atoms with E-state index in [2.05, 4.69) is 22.8 Å². The number of hydrogen-bond acceptors (Lipinski definition) is 3. The first-order valence-corrected chi connectivity index (χ1v) is 8.61. The Balaban J connectivity index is 1.60. The number of allylic oxidation sites excluding steroid dienone is 2. The molecule has 1 spiro atoms. The smallest absolute Gasteiger partial charge is 0.224 e. The highest BCUT2D eigenvalue weighted by atomic mass is 16.2. The molecular weight excluding hydrogens is 278 g/mol. The van der Waals surface area contributed by atoms with Gasteiger partial charge in [-0.25, -0.2) is 0 Å². The number of fused-ring (bicyclic) bond motifs is 3. The molecule has 2 saturated carbocycles. The van der Waals surface area contributed by atoms with Crippen LogP contribution in [0.1, 0.15) is 25.7 Å². The Morgan fingerprint density at radius 1 is 1.00 bits per heavy atom. The largest absolute Gasteiger partial charge is 0.356 e. The van der Waals surface area contributed by atoms with Crippen LogP contribution >= 0.6 is 0 Å². The molecule has 120 valence electrons. The van der Waals surface area contributed by atoms with Gasteiger partial charge in [0, 0.05) is 13.1 Å². The van der Waals surface area contributed by atoms with Crippen LogP contribution in [0.3, 0.4) is 0 Å². The zero-order chi connectivity index (χ0) is 15.3. The summed E-state index contributed by atoms with van der Waals surface area (Å²) >= 11 is 0. The van der Waals surface area contributed by atoms with Crippen molar-refractivity contribution in [3.8, 4) is 0 Å². The van der Waals surface area contributed by atoms with Crippen LogP contribution in [0.4, 0.5) is 0 Å². The number of amides is 2. The zero-order valence-corrected chi connectivity index (χ0v) is 12.9. The van der Waals surface area contributed by atoms with Crippen LogP contribution in [-0.2, 0) is 9.59 Å². The van der Waals surface area contributed by atoms with Gasteiger partial charge in [0.2, 0.25) is 11.8 Å². The Bertz CT molecular complexity index is 486. The van der Waals surface area contributed by atoms with Gasteiger partial charge in [-0.3, -0.25) is 9.59 Å². The molecule has 3 aliphatic carbocycles. The molecule has 1 heterocycles. The first kappa shape index (κ1) is 14.2. The van der Waals surface area contributed by atoms with Gasteiger partial charge in [0.05, 0.1) is 11.8 Å². The molecule has 3 unspecified atom stereocenters. The SMILES string of the molecule is NCC1CCNC(=O)C2C(C(=O)NCC1)[C@@H]1C=C[C@H]2C12CC2. The van der Waals surface area contributed by atoms with Crippen LogP contribution in [0, 0.1) is 35.0 Å². The van der Waals surface area contributed by atoms with Gasteiger partial charge in [-0.2, -0.15) is 0 Å². The molecule has 5 nitrogen and oxygen atoms in total. The summed E-state index contributed by atoms with van der Waals surface area (Å²) < 4.78 is 0. The fourth-order valence-corrected chi connectivity index (χ4v) is 5.12. The molecule has 1 saturated heterocycles. The minimum absolute atomic E-state index is 0.0703. The summed E-state index contributed by atoms with van der Waals surface area (Å²) in [6.07, 6.45) is 8.52. The number of nitrogens with two attached hydrogens (primary N) is 1. The highest BCUT2D eigenvalue weighted by Gasteiger charge is 2.69. The number of carbonyl (C=O) groups excluding carboxylic acids is 2. The van der Waals surface area contributed by atoms with Crippen LogP contribution < -0.4 is 16.4 Å². The molecule has 1 aliphatic heterocycles. The fraction of sp³-hybridized carbons (Fsp3) is 0.765.